The number of carbonyl (C=O) groups is 3. The van der Waals surface area contributed by atoms with E-state index in [1.54, 1.807) is 36.4 Å². The zero-order valence-electron chi connectivity index (χ0n) is 15.2. The molecule has 1 atom stereocenters. The molecule has 1 heterocycles. The van der Waals surface area contributed by atoms with Crippen molar-refractivity contribution in [1.82, 2.24) is 10.6 Å². The fraction of sp³-hybridized carbons (Fsp3) is 0.0952. The molecule has 0 spiro atoms. The minimum absolute atomic E-state index is 0.0529. The molecule has 2 aromatic carbocycles. The number of rotatable bonds is 5. The Balaban J connectivity index is 1.80. The third kappa shape index (κ3) is 4.54. The van der Waals surface area contributed by atoms with E-state index in [0.717, 1.165) is 11.6 Å². The summed E-state index contributed by atoms with van der Waals surface area (Å²) in [6.07, 6.45) is 1.07. The molecule has 0 aromatic heterocycles. The van der Waals surface area contributed by atoms with E-state index in [1.807, 2.05) is 30.3 Å². The van der Waals surface area contributed by atoms with Crippen LogP contribution in [0.25, 0.3) is 0 Å². The van der Waals surface area contributed by atoms with E-state index in [4.69, 9.17) is 12.2 Å². The van der Waals surface area contributed by atoms with Crippen molar-refractivity contribution in [2.45, 2.75) is 6.54 Å². The van der Waals surface area contributed by atoms with Gasteiger partial charge in [-0.2, -0.15) is 5.26 Å². The molecule has 144 valence electrons. The van der Waals surface area contributed by atoms with Crippen molar-refractivity contribution < 1.29 is 14.4 Å². The molecule has 0 saturated carbocycles. The van der Waals surface area contributed by atoms with Crippen LogP contribution in [0.2, 0.25) is 0 Å². The number of nitrogens with one attached hydrogen (secondary N) is 2. The largest absolute Gasteiger partial charge is 0.347 e. The van der Waals surface area contributed by atoms with Gasteiger partial charge in [0.15, 0.2) is 5.11 Å². The van der Waals surface area contributed by atoms with E-state index >= 15 is 0 Å². The summed E-state index contributed by atoms with van der Waals surface area (Å²) >= 11 is 5.11. The van der Waals surface area contributed by atoms with E-state index in [-0.39, 0.29) is 17.2 Å². The summed E-state index contributed by atoms with van der Waals surface area (Å²) in [5, 5.41) is 14.4. The molecule has 1 saturated heterocycles. The van der Waals surface area contributed by atoms with Crippen LogP contribution in [-0.2, 0) is 20.9 Å². The lowest BCUT2D eigenvalue weighted by Crippen LogP contribution is -2.57. The Hall–Kier alpha value is -3.83. The molecular weight excluding hydrogens is 388 g/mol. The zero-order valence-corrected chi connectivity index (χ0v) is 16.0. The Morgan fingerprint density at radius 1 is 1.14 bits per heavy atom. The summed E-state index contributed by atoms with van der Waals surface area (Å²) in [7, 11) is 0. The monoisotopic (exact) mass is 404 g/mol. The summed E-state index contributed by atoms with van der Waals surface area (Å²) in [5.41, 5.74) is 1.01. The Morgan fingerprint density at radius 2 is 1.76 bits per heavy atom. The highest BCUT2D eigenvalue weighted by Gasteiger charge is 2.38. The van der Waals surface area contributed by atoms with Crippen LogP contribution >= 0.6 is 12.2 Å². The smallest absolute Gasteiger partial charge is 0.261 e. The molecule has 3 rings (SSSR count). The SMILES string of the molecule is N#C/C(=C/[C@H]1C(=O)NC(=S)N(c2ccccc2)C1=O)C(=O)NCc1ccccc1. The molecule has 0 unspecified atom stereocenters. The van der Waals surface area contributed by atoms with Crippen LogP contribution in [0.4, 0.5) is 5.69 Å². The number of amides is 3. The third-order valence-corrected chi connectivity index (χ3v) is 4.50. The van der Waals surface area contributed by atoms with Gasteiger partial charge in [-0.1, -0.05) is 48.5 Å². The van der Waals surface area contributed by atoms with Crippen molar-refractivity contribution in [2.75, 3.05) is 4.90 Å². The van der Waals surface area contributed by atoms with E-state index < -0.39 is 23.6 Å². The van der Waals surface area contributed by atoms with Gasteiger partial charge in [-0.15, -0.1) is 0 Å². The molecule has 8 heteroatoms. The van der Waals surface area contributed by atoms with Gasteiger partial charge < -0.3 is 10.6 Å². The zero-order chi connectivity index (χ0) is 20.8. The number of para-hydroxylation sites is 1. The van der Waals surface area contributed by atoms with Crippen LogP contribution in [0, 0.1) is 17.2 Å². The van der Waals surface area contributed by atoms with E-state index in [1.165, 1.54) is 4.90 Å². The molecule has 1 aliphatic heterocycles. The van der Waals surface area contributed by atoms with Crippen molar-refractivity contribution >= 4 is 40.7 Å². The summed E-state index contributed by atoms with van der Waals surface area (Å²) < 4.78 is 0. The molecule has 0 aliphatic carbocycles. The topological polar surface area (TPSA) is 102 Å². The van der Waals surface area contributed by atoms with Gasteiger partial charge in [-0.3, -0.25) is 19.3 Å². The Kier molecular flexibility index (Phi) is 6.12. The van der Waals surface area contributed by atoms with Gasteiger partial charge in [0.2, 0.25) is 11.8 Å². The molecule has 0 bridgehead atoms. The number of thiocarbonyl (C=S) groups is 1. The van der Waals surface area contributed by atoms with Crippen LogP contribution in [0.15, 0.2) is 72.3 Å². The lowest BCUT2D eigenvalue weighted by molar-refractivity contribution is -0.131. The number of nitrogens with zero attached hydrogens (tertiary/aromatic N) is 2. The normalized spacial score (nSPS) is 16.8. The van der Waals surface area contributed by atoms with Crippen molar-refractivity contribution in [1.29, 1.82) is 5.26 Å². The van der Waals surface area contributed by atoms with E-state index in [2.05, 4.69) is 10.6 Å². The number of carbonyl (C=O) groups excluding carboxylic acids is 3. The Morgan fingerprint density at radius 3 is 2.38 bits per heavy atom. The first-order valence-corrected chi connectivity index (χ1v) is 9.10. The van der Waals surface area contributed by atoms with Gasteiger partial charge in [0, 0.05) is 6.54 Å². The van der Waals surface area contributed by atoms with Crippen molar-refractivity contribution in [3.63, 3.8) is 0 Å². The first-order chi connectivity index (χ1) is 14.0. The van der Waals surface area contributed by atoms with Crippen LogP contribution < -0.4 is 15.5 Å². The molecule has 7 nitrogen and oxygen atoms in total. The standard InChI is InChI=1S/C21H16N4O3S/c22-12-15(18(26)23-13-14-7-3-1-4-8-14)11-17-19(27)24-21(29)25(20(17)28)16-9-5-2-6-10-16/h1-11,17H,13H2,(H,23,26)(H,24,27,29)/b15-11-/t17-/m0/s1. The first kappa shape index (κ1) is 19.9. The van der Waals surface area contributed by atoms with Crippen molar-refractivity contribution in [3.8, 4) is 6.07 Å². The minimum atomic E-state index is -1.35. The van der Waals surface area contributed by atoms with Crippen LogP contribution in [0.1, 0.15) is 5.56 Å². The fourth-order valence-electron chi connectivity index (χ4n) is 2.76. The molecule has 3 amide bonds. The van der Waals surface area contributed by atoms with Crippen LogP contribution in [0.5, 0.6) is 0 Å². The van der Waals surface area contributed by atoms with Gasteiger partial charge in [0.05, 0.1) is 5.69 Å². The maximum absolute atomic E-state index is 12.9. The Bertz CT molecular complexity index is 1030. The molecule has 2 N–H and O–H groups in total. The maximum atomic E-state index is 12.9. The maximum Gasteiger partial charge on any atom is 0.261 e. The fourth-order valence-corrected chi connectivity index (χ4v) is 3.06. The van der Waals surface area contributed by atoms with Gasteiger partial charge in [0.1, 0.15) is 17.6 Å². The molecule has 29 heavy (non-hydrogen) atoms. The summed E-state index contributed by atoms with van der Waals surface area (Å²) in [5.74, 6) is -3.33. The van der Waals surface area contributed by atoms with E-state index in [0.29, 0.717) is 5.69 Å². The lowest BCUT2D eigenvalue weighted by atomic mass is 10.0. The molecule has 2 aromatic rings. The highest BCUT2D eigenvalue weighted by Crippen LogP contribution is 2.22. The number of hydrogen-bond acceptors (Lipinski definition) is 5. The third-order valence-electron chi connectivity index (χ3n) is 4.21. The second-order valence-corrected chi connectivity index (χ2v) is 6.53. The molecular formula is C21H16N4O3S. The summed E-state index contributed by atoms with van der Waals surface area (Å²) in [4.78, 5) is 38.7. The first-order valence-electron chi connectivity index (χ1n) is 8.69. The predicted octanol–water partition coefficient (Wildman–Crippen LogP) is 1.82. The average Bonchev–Trinajstić information content (AvgIpc) is 2.73. The van der Waals surface area contributed by atoms with Crippen LogP contribution in [0.3, 0.4) is 0 Å². The van der Waals surface area contributed by atoms with Gasteiger partial charge in [-0.05, 0) is 36.0 Å². The van der Waals surface area contributed by atoms with Gasteiger partial charge >= 0.3 is 0 Å². The van der Waals surface area contributed by atoms with Crippen LogP contribution in [-0.4, -0.2) is 22.8 Å². The number of benzene rings is 2. The second kappa shape index (κ2) is 8.91. The molecule has 0 radical (unpaired) electrons. The van der Waals surface area contributed by atoms with Gasteiger partial charge in [-0.25, -0.2) is 0 Å². The second-order valence-electron chi connectivity index (χ2n) is 6.14. The number of anilines is 1. The highest BCUT2D eigenvalue weighted by molar-refractivity contribution is 7.80. The van der Waals surface area contributed by atoms with Crippen molar-refractivity contribution in [2.24, 2.45) is 5.92 Å². The van der Waals surface area contributed by atoms with E-state index in [9.17, 15) is 19.6 Å². The molecule has 1 aliphatic rings. The Labute approximate surface area is 172 Å². The van der Waals surface area contributed by atoms with Crippen molar-refractivity contribution in [3.05, 3.63) is 77.9 Å². The highest BCUT2D eigenvalue weighted by atomic mass is 32.1. The summed E-state index contributed by atoms with van der Waals surface area (Å²) in [6.45, 7) is 0.212. The summed E-state index contributed by atoms with van der Waals surface area (Å²) in [6, 6.07) is 19.5. The quantitative estimate of drug-likeness (QED) is 0.343. The number of hydrogen-bond donors (Lipinski definition) is 2. The number of nitriles is 1. The average molecular weight is 404 g/mol. The lowest BCUT2D eigenvalue weighted by Gasteiger charge is -2.31. The van der Waals surface area contributed by atoms with Gasteiger partial charge in [0.25, 0.3) is 5.91 Å². The minimum Gasteiger partial charge on any atom is -0.347 e. The predicted molar refractivity (Wildman–Crippen MR) is 110 cm³/mol. The molecule has 1 fully saturated rings.